The van der Waals surface area contributed by atoms with Crippen molar-refractivity contribution in [1.82, 2.24) is 10.3 Å². The van der Waals surface area contributed by atoms with E-state index in [-0.39, 0.29) is 17.9 Å². The van der Waals surface area contributed by atoms with E-state index in [4.69, 9.17) is 0 Å². The summed E-state index contributed by atoms with van der Waals surface area (Å²) in [5.74, 6) is 0.405. The highest BCUT2D eigenvalue weighted by Crippen LogP contribution is 2.31. The minimum atomic E-state index is 0.165. The molecule has 0 bridgehead atoms. The Morgan fingerprint density at radius 3 is 3.00 bits per heavy atom. The first-order chi connectivity index (χ1) is 11.2. The van der Waals surface area contributed by atoms with Gasteiger partial charge in [-0.1, -0.05) is 28.1 Å². The molecule has 3 nitrogen and oxygen atoms in total. The average Bonchev–Trinajstić information content (AvgIpc) is 2.93. The lowest BCUT2D eigenvalue weighted by atomic mass is 9.89. The molecule has 4 heteroatoms. The number of carbonyl (C=O) groups is 1. The summed E-state index contributed by atoms with van der Waals surface area (Å²) in [4.78, 5) is 16.0. The predicted molar refractivity (Wildman–Crippen MR) is 96.4 cm³/mol. The van der Waals surface area contributed by atoms with Crippen molar-refractivity contribution in [3.05, 3.63) is 46.1 Å². The third kappa shape index (κ3) is 2.97. The van der Waals surface area contributed by atoms with E-state index in [1.165, 1.54) is 22.2 Å². The van der Waals surface area contributed by atoms with Crippen LogP contribution < -0.4 is 5.32 Å². The fourth-order valence-corrected chi connectivity index (χ4v) is 4.22. The maximum absolute atomic E-state index is 12.5. The zero-order valence-electron chi connectivity index (χ0n) is 13.1. The maximum Gasteiger partial charge on any atom is 0.223 e. The van der Waals surface area contributed by atoms with Gasteiger partial charge in [0.2, 0.25) is 5.91 Å². The van der Waals surface area contributed by atoms with E-state index >= 15 is 0 Å². The van der Waals surface area contributed by atoms with Crippen molar-refractivity contribution in [1.29, 1.82) is 0 Å². The SMILES string of the molecule is O=C(NC1CCc2[nH]c3ccc(Br)cc3c2C1)C1CC=CCC1. The van der Waals surface area contributed by atoms with Crippen molar-refractivity contribution in [2.75, 3.05) is 0 Å². The van der Waals surface area contributed by atoms with Crippen LogP contribution in [0, 0.1) is 5.92 Å². The number of halogens is 1. The van der Waals surface area contributed by atoms with E-state index in [0.29, 0.717) is 0 Å². The van der Waals surface area contributed by atoms with Crippen molar-refractivity contribution in [3.8, 4) is 0 Å². The van der Waals surface area contributed by atoms with Crippen LogP contribution in [0.3, 0.4) is 0 Å². The van der Waals surface area contributed by atoms with Crippen LogP contribution in [0.15, 0.2) is 34.8 Å². The maximum atomic E-state index is 12.5. The fourth-order valence-electron chi connectivity index (χ4n) is 3.86. The Morgan fingerprint density at radius 2 is 2.17 bits per heavy atom. The molecule has 2 N–H and O–H groups in total. The first kappa shape index (κ1) is 15.0. The van der Waals surface area contributed by atoms with Gasteiger partial charge in [0.15, 0.2) is 0 Å². The Morgan fingerprint density at radius 1 is 1.26 bits per heavy atom. The summed E-state index contributed by atoms with van der Waals surface area (Å²) in [7, 11) is 0. The molecule has 2 aromatic rings. The lowest BCUT2D eigenvalue weighted by Gasteiger charge is -2.26. The van der Waals surface area contributed by atoms with Gasteiger partial charge in [-0.05, 0) is 62.3 Å². The quantitative estimate of drug-likeness (QED) is 0.759. The van der Waals surface area contributed by atoms with Gasteiger partial charge in [-0.25, -0.2) is 0 Å². The van der Waals surface area contributed by atoms with E-state index in [9.17, 15) is 4.79 Å². The van der Waals surface area contributed by atoms with Gasteiger partial charge in [-0.3, -0.25) is 4.79 Å². The number of nitrogens with one attached hydrogen (secondary N) is 2. The Bertz CT molecular complexity index is 777. The van der Waals surface area contributed by atoms with E-state index in [0.717, 1.165) is 43.0 Å². The number of benzene rings is 1. The molecule has 0 radical (unpaired) electrons. The first-order valence-electron chi connectivity index (χ1n) is 8.45. The minimum absolute atomic E-state index is 0.165. The van der Waals surface area contributed by atoms with E-state index < -0.39 is 0 Å². The van der Waals surface area contributed by atoms with Gasteiger partial charge in [0.05, 0.1) is 0 Å². The van der Waals surface area contributed by atoms with Crippen LogP contribution in [0.1, 0.15) is 36.9 Å². The smallest absolute Gasteiger partial charge is 0.223 e. The van der Waals surface area contributed by atoms with E-state index in [1.54, 1.807) is 0 Å². The Kier molecular flexibility index (Phi) is 4.02. The number of hydrogen-bond donors (Lipinski definition) is 2. The largest absolute Gasteiger partial charge is 0.358 e. The molecule has 0 saturated carbocycles. The highest BCUT2D eigenvalue weighted by Gasteiger charge is 2.26. The normalized spacial score (nSPS) is 23.7. The molecule has 0 saturated heterocycles. The van der Waals surface area contributed by atoms with Crippen LogP contribution in [0.5, 0.6) is 0 Å². The van der Waals surface area contributed by atoms with E-state index in [2.05, 4.69) is 56.6 Å². The minimum Gasteiger partial charge on any atom is -0.358 e. The van der Waals surface area contributed by atoms with Crippen molar-refractivity contribution < 1.29 is 4.79 Å². The van der Waals surface area contributed by atoms with Crippen LogP contribution in [0.25, 0.3) is 10.9 Å². The third-order valence-electron chi connectivity index (χ3n) is 5.14. The number of amides is 1. The zero-order valence-corrected chi connectivity index (χ0v) is 14.7. The second kappa shape index (κ2) is 6.16. The molecule has 0 aliphatic heterocycles. The van der Waals surface area contributed by atoms with Crippen LogP contribution in [0.2, 0.25) is 0 Å². The lowest BCUT2D eigenvalue weighted by molar-refractivity contribution is -0.126. The van der Waals surface area contributed by atoms with Crippen molar-refractivity contribution in [2.24, 2.45) is 5.92 Å². The number of aromatic nitrogens is 1. The topological polar surface area (TPSA) is 44.9 Å². The number of aryl methyl sites for hydroxylation is 1. The second-order valence-corrected chi connectivity index (χ2v) is 7.62. The number of fused-ring (bicyclic) bond motifs is 3. The Balaban J connectivity index is 1.51. The second-order valence-electron chi connectivity index (χ2n) is 6.70. The highest BCUT2D eigenvalue weighted by atomic mass is 79.9. The molecule has 1 aromatic heterocycles. The molecule has 2 atom stereocenters. The van der Waals surface area contributed by atoms with Gasteiger partial charge in [-0.15, -0.1) is 0 Å². The van der Waals surface area contributed by atoms with Gasteiger partial charge in [-0.2, -0.15) is 0 Å². The average molecular weight is 373 g/mol. The van der Waals surface area contributed by atoms with Crippen molar-refractivity contribution in [2.45, 2.75) is 44.6 Å². The number of aromatic amines is 1. The molecule has 1 heterocycles. The van der Waals surface area contributed by atoms with Crippen LogP contribution >= 0.6 is 15.9 Å². The molecule has 1 aromatic carbocycles. The van der Waals surface area contributed by atoms with E-state index in [1.807, 2.05) is 0 Å². The molecule has 120 valence electrons. The summed E-state index contributed by atoms with van der Waals surface area (Å²) < 4.78 is 1.10. The summed E-state index contributed by atoms with van der Waals surface area (Å²) >= 11 is 3.56. The standard InChI is InChI=1S/C19H21BrN2O/c20-13-6-8-17-15(10-13)16-11-14(7-9-18(16)22-17)21-19(23)12-4-2-1-3-5-12/h1-2,6,8,10,12,14,22H,3-5,7,9,11H2,(H,21,23). The van der Waals surface area contributed by atoms with Crippen LogP contribution in [-0.4, -0.2) is 16.9 Å². The van der Waals surface area contributed by atoms with Crippen LogP contribution in [-0.2, 0) is 17.6 Å². The predicted octanol–water partition coefficient (Wildman–Crippen LogP) is 4.26. The lowest BCUT2D eigenvalue weighted by Crippen LogP contribution is -2.42. The summed E-state index contributed by atoms with van der Waals surface area (Å²) in [5.41, 5.74) is 3.91. The Hall–Kier alpha value is -1.55. The van der Waals surface area contributed by atoms with Gasteiger partial charge in [0.25, 0.3) is 0 Å². The molecule has 1 amide bonds. The van der Waals surface area contributed by atoms with Crippen molar-refractivity contribution in [3.63, 3.8) is 0 Å². The van der Waals surface area contributed by atoms with Gasteiger partial charge < -0.3 is 10.3 Å². The first-order valence-corrected chi connectivity index (χ1v) is 9.24. The number of rotatable bonds is 2. The fraction of sp³-hybridized carbons (Fsp3) is 0.421. The van der Waals surface area contributed by atoms with Gasteiger partial charge in [0.1, 0.15) is 0 Å². The monoisotopic (exact) mass is 372 g/mol. The number of hydrogen-bond acceptors (Lipinski definition) is 1. The molecular weight excluding hydrogens is 352 g/mol. The molecule has 2 aliphatic carbocycles. The van der Waals surface area contributed by atoms with Gasteiger partial charge >= 0.3 is 0 Å². The summed E-state index contributed by atoms with van der Waals surface area (Å²) in [6.07, 6.45) is 10.2. The number of allylic oxidation sites excluding steroid dienone is 2. The van der Waals surface area contributed by atoms with Crippen LogP contribution in [0.4, 0.5) is 0 Å². The van der Waals surface area contributed by atoms with Crippen molar-refractivity contribution >= 4 is 32.7 Å². The summed E-state index contributed by atoms with van der Waals surface area (Å²) in [6.45, 7) is 0. The molecule has 23 heavy (non-hydrogen) atoms. The molecule has 2 unspecified atom stereocenters. The third-order valence-corrected chi connectivity index (χ3v) is 5.63. The molecule has 0 fully saturated rings. The molecule has 2 aliphatic rings. The van der Waals surface area contributed by atoms with Gasteiger partial charge in [0, 0.05) is 33.0 Å². The number of H-pyrrole nitrogens is 1. The summed E-state index contributed by atoms with van der Waals surface area (Å²) in [5, 5.41) is 4.59. The molecule has 0 spiro atoms. The Labute approximate surface area is 144 Å². The molecular formula is C19H21BrN2O. The molecule has 4 rings (SSSR count). The zero-order chi connectivity index (χ0) is 15.8. The highest BCUT2D eigenvalue weighted by molar-refractivity contribution is 9.10. The summed E-state index contributed by atoms with van der Waals surface area (Å²) in [6, 6.07) is 6.64. The number of carbonyl (C=O) groups excluding carboxylic acids is 1.